The third-order valence-electron chi connectivity index (χ3n) is 3.26. The molecule has 1 N–H and O–H groups in total. The molecule has 0 amide bonds. The molecule has 0 spiro atoms. The molecule has 0 aliphatic heterocycles. The van der Waals surface area contributed by atoms with Crippen molar-refractivity contribution < 1.29 is 0 Å². The van der Waals surface area contributed by atoms with Crippen molar-refractivity contribution in [3.63, 3.8) is 0 Å². The van der Waals surface area contributed by atoms with Gasteiger partial charge >= 0.3 is 0 Å². The lowest BCUT2D eigenvalue weighted by molar-refractivity contribution is 0.284. The van der Waals surface area contributed by atoms with Gasteiger partial charge in [-0.2, -0.15) is 0 Å². The van der Waals surface area contributed by atoms with Gasteiger partial charge in [0, 0.05) is 10.9 Å². The van der Waals surface area contributed by atoms with Gasteiger partial charge in [0.25, 0.3) is 0 Å². The summed E-state index contributed by atoms with van der Waals surface area (Å²) in [5, 5.41) is 5.55. The number of hydrogen-bond acceptors (Lipinski definition) is 2. The van der Waals surface area contributed by atoms with E-state index in [1.165, 1.54) is 17.7 Å². The third kappa shape index (κ3) is 3.96. The lowest BCUT2D eigenvalue weighted by Crippen LogP contribution is -2.33. The molecule has 2 heteroatoms. The van der Waals surface area contributed by atoms with Crippen molar-refractivity contribution in [2.75, 3.05) is 7.05 Å². The molecule has 1 nitrogen and oxygen atoms in total. The predicted octanol–water partition coefficient (Wildman–Crippen LogP) is 3.56. The van der Waals surface area contributed by atoms with Gasteiger partial charge in [-0.25, -0.2) is 0 Å². The fourth-order valence-corrected chi connectivity index (χ4v) is 2.86. The molecule has 0 aliphatic carbocycles. The first-order valence-electron chi connectivity index (χ1n) is 5.84. The largest absolute Gasteiger partial charge is 0.317 e. The van der Waals surface area contributed by atoms with Crippen LogP contribution in [0.25, 0.3) is 0 Å². The van der Waals surface area contributed by atoms with E-state index in [9.17, 15) is 0 Å². The Hall–Kier alpha value is -0.340. The van der Waals surface area contributed by atoms with Crippen LogP contribution in [0.3, 0.4) is 0 Å². The fraction of sp³-hybridized carbons (Fsp3) is 0.692. The van der Waals surface area contributed by atoms with Crippen molar-refractivity contribution in [2.24, 2.45) is 11.8 Å². The van der Waals surface area contributed by atoms with Crippen molar-refractivity contribution in [1.82, 2.24) is 5.32 Å². The second-order valence-corrected chi connectivity index (χ2v) is 5.64. The number of nitrogens with one attached hydrogen (secondary N) is 1. The van der Waals surface area contributed by atoms with Gasteiger partial charge in [-0.05, 0) is 50.1 Å². The van der Waals surface area contributed by atoms with Gasteiger partial charge in [0.05, 0.1) is 0 Å². The van der Waals surface area contributed by atoms with E-state index in [2.05, 4.69) is 50.6 Å². The van der Waals surface area contributed by atoms with Crippen LogP contribution in [-0.4, -0.2) is 13.1 Å². The lowest BCUT2D eigenvalue weighted by Gasteiger charge is -2.27. The molecule has 0 aliphatic rings. The van der Waals surface area contributed by atoms with Crippen molar-refractivity contribution in [3.8, 4) is 0 Å². The molecule has 1 rings (SSSR count). The molecule has 1 aromatic heterocycles. The van der Waals surface area contributed by atoms with Gasteiger partial charge in [-0.3, -0.25) is 0 Å². The molecule has 2 atom stereocenters. The molecule has 15 heavy (non-hydrogen) atoms. The first-order valence-corrected chi connectivity index (χ1v) is 6.72. The molecule has 86 valence electrons. The van der Waals surface area contributed by atoms with Crippen molar-refractivity contribution >= 4 is 11.3 Å². The van der Waals surface area contributed by atoms with E-state index in [0.717, 1.165) is 11.8 Å². The molecule has 1 aromatic rings. The van der Waals surface area contributed by atoms with E-state index < -0.39 is 0 Å². The van der Waals surface area contributed by atoms with E-state index in [-0.39, 0.29) is 0 Å². The summed E-state index contributed by atoms with van der Waals surface area (Å²) < 4.78 is 0. The molecule has 0 saturated heterocycles. The Morgan fingerprint density at radius 2 is 2.07 bits per heavy atom. The number of hydrogen-bond donors (Lipinski definition) is 1. The summed E-state index contributed by atoms with van der Waals surface area (Å²) in [6.45, 7) is 6.94. The second-order valence-electron chi connectivity index (χ2n) is 4.60. The Labute approximate surface area is 97.9 Å². The highest BCUT2D eigenvalue weighted by Crippen LogP contribution is 2.23. The summed E-state index contributed by atoms with van der Waals surface area (Å²) in [6.07, 6.45) is 2.52. The summed E-state index contributed by atoms with van der Waals surface area (Å²) in [4.78, 5) is 1.52. The van der Waals surface area contributed by atoms with E-state index in [4.69, 9.17) is 0 Å². The highest BCUT2D eigenvalue weighted by Gasteiger charge is 2.19. The summed E-state index contributed by atoms with van der Waals surface area (Å²) in [5.41, 5.74) is 0. The van der Waals surface area contributed by atoms with Crippen LogP contribution in [0.5, 0.6) is 0 Å². The molecule has 0 fully saturated rings. The summed E-state index contributed by atoms with van der Waals surface area (Å²) in [7, 11) is 2.06. The zero-order chi connectivity index (χ0) is 11.3. The SMILES string of the molecule is CNC(C)C(CCc1cccs1)C(C)C. The molecule has 1 heterocycles. The summed E-state index contributed by atoms with van der Waals surface area (Å²) in [6, 6.07) is 5.00. The number of thiophene rings is 1. The van der Waals surface area contributed by atoms with Gasteiger partial charge in [0.1, 0.15) is 0 Å². The number of aryl methyl sites for hydroxylation is 1. The van der Waals surface area contributed by atoms with Crippen LogP contribution in [0.15, 0.2) is 17.5 Å². The average molecular weight is 225 g/mol. The summed E-state index contributed by atoms with van der Waals surface area (Å²) >= 11 is 1.88. The first-order chi connectivity index (χ1) is 7.15. The maximum atomic E-state index is 3.38. The maximum absolute atomic E-state index is 3.38. The van der Waals surface area contributed by atoms with E-state index in [1.807, 2.05) is 11.3 Å². The smallest absolute Gasteiger partial charge is 0.00665 e. The van der Waals surface area contributed by atoms with Gasteiger partial charge in [0.15, 0.2) is 0 Å². The Morgan fingerprint density at radius 1 is 1.33 bits per heavy atom. The van der Waals surface area contributed by atoms with Gasteiger partial charge < -0.3 is 5.32 Å². The maximum Gasteiger partial charge on any atom is 0.00665 e. The quantitative estimate of drug-likeness (QED) is 0.780. The minimum atomic E-state index is 0.616. The Bertz CT molecular complexity index is 254. The topological polar surface area (TPSA) is 12.0 Å². The van der Waals surface area contributed by atoms with Crippen LogP contribution in [-0.2, 0) is 6.42 Å². The van der Waals surface area contributed by atoms with Crippen LogP contribution in [0.2, 0.25) is 0 Å². The molecule has 0 aromatic carbocycles. The van der Waals surface area contributed by atoms with Crippen molar-refractivity contribution in [3.05, 3.63) is 22.4 Å². The van der Waals surface area contributed by atoms with Crippen LogP contribution in [0.4, 0.5) is 0 Å². The Kier molecular flexibility index (Phi) is 5.34. The molecular weight excluding hydrogens is 202 g/mol. The van der Waals surface area contributed by atoms with Crippen LogP contribution in [0.1, 0.15) is 32.1 Å². The highest BCUT2D eigenvalue weighted by molar-refractivity contribution is 7.09. The minimum Gasteiger partial charge on any atom is -0.317 e. The zero-order valence-electron chi connectivity index (χ0n) is 10.3. The molecule has 0 radical (unpaired) electrons. The Morgan fingerprint density at radius 3 is 2.53 bits per heavy atom. The van der Waals surface area contributed by atoms with Crippen LogP contribution >= 0.6 is 11.3 Å². The van der Waals surface area contributed by atoms with Crippen molar-refractivity contribution in [2.45, 2.75) is 39.7 Å². The monoisotopic (exact) mass is 225 g/mol. The zero-order valence-corrected chi connectivity index (χ0v) is 11.1. The van der Waals surface area contributed by atoms with Crippen molar-refractivity contribution in [1.29, 1.82) is 0 Å². The van der Waals surface area contributed by atoms with Crippen LogP contribution < -0.4 is 5.32 Å². The summed E-state index contributed by atoms with van der Waals surface area (Å²) in [5.74, 6) is 1.53. The molecule has 2 unspecified atom stereocenters. The molecular formula is C13H23NS. The second kappa shape index (κ2) is 6.29. The first kappa shape index (κ1) is 12.7. The van der Waals surface area contributed by atoms with E-state index in [0.29, 0.717) is 6.04 Å². The average Bonchev–Trinajstić information content (AvgIpc) is 2.70. The van der Waals surface area contributed by atoms with Gasteiger partial charge in [0.2, 0.25) is 0 Å². The van der Waals surface area contributed by atoms with E-state index >= 15 is 0 Å². The van der Waals surface area contributed by atoms with E-state index in [1.54, 1.807) is 0 Å². The predicted molar refractivity (Wildman–Crippen MR) is 69.5 cm³/mol. The third-order valence-corrected chi connectivity index (χ3v) is 4.19. The van der Waals surface area contributed by atoms with Crippen LogP contribution in [0, 0.1) is 11.8 Å². The number of rotatable bonds is 6. The normalized spacial score (nSPS) is 15.5. The van der Waals surface area contributed by atoms with Gasteiger partial charge in [-0.1, -0.05) is 19.9 Å². The molecule has 0 saturated carbocycles. The Balaban J connectivity index is 2.45. The van der Waals surface area contributed by atoms with Gasteiger partial charge in [-0.15, -0.1) is 11.3 Å². The minimum absolute atomic E-state index is 0.616. The standard InChI is InChI=1S/C13H23NS/c1-10(2)13(11(3)14-4)8-7-12-6-5-9-15-12/h5-6,9-11,13-14H,7-8H2,1-4H3. The lowest BCUT2D eigenvalue weighted by atomic mass is 9.85. The highest BCUT2D eigenvalue weighted by atomic mass is 32.1. The fourth-order valence-electron chi connectivity index (χ4n) is 2.14. The molecule has 0 bridgehead atoms.